The average Bonchev–Trinajstić information content (AvgIpc) is 2.90. The number of carbonyl (C=O) groups excluding carboxylic acids is 2. The number of imide groups is 1. The van der Waals surface area contributed by atoms with E-state index in [2.05, 4.69) is 0 Å². The van der Waals surface area contributed by atoms with Gasteiger partial charge in [-0.25, -0.2) is 4.90 Å². The number of para-hydroxylation sites is 3. The quantitative estimate of drug-likeness (QED) is 0.747. The predicted octanol–water partition coefficient (Wildman–Crippen LogP) is 4.33. The van der Waals surface area contributed by atoms with Gasteiger partial charge >= 0.3 is 0 Å². The highest BCUT2D eigenvalue weighted by atomic mass is 32.2. The fourth-order valence-electron chi connectivity index (χ4n) is 2.52. The third-order valence-electron chi connectivity index (χ3n) is 3.63. The SMILES string of the molecule is CCOc1ccccc1/C=C1\SC(=O)N(c2ccccc2OC)C1=O. The van der Waals surface area contributed by atoms with E-state index >= 15 is 0 Å². The minimum absolute atomic E-state index is 0.350. The second-order valence-corrected chi connectivity index (χ2v) is 6.15. The molecule has 2 aromatic carbocycles. The summed E-state index contributed by atoms with van der Waals surface area (Å²) in [4.78, 5) is 26.7. The van der Waals surface area contributed by atoms with Crippen molar-refractivity contribution in [3.8, 4) is 11.5 Å². The molecule has 2 aromatic rings. The minimum Gasteiger partial charge on any atom is -0.495 e. The van der Waals surface area contributed by atoms with Crippen LogP contribution in [-0.2, 0) is 4.79 Å². The maximum Gasteiger partial charge on any atom is 0.298 e. The van der Waals surface area contributed by atoms with Crippen LogP contribution in [0.3, 0.4) is 0 Å². The Morgan fingerprint density at radius 1 is 1.04 bits per heavy atom. The summed E-state index contributed by atoms with van der Waals surface area (Å²) in [7, 11) is 1.51. The van der Waals surface area contributed by atoms with E-state index in [9.17, 15) is 9.59 Å². The lowest BCUT2D eigenvalue weighted by molar-refractivity contribution is -0.113. The molecule has 2 amide bonds. The molecule has 1 fully saturated rings. The van der Waals surface area contributed by atoms with Crippen LogP contribution in [0.15, 0.2) is 53.4 Å². The predicted molar refractivity (Wildman–Crippen MR) is 99.1 cm³/mol. The smallest absolute Gasteiger partial charge is 0.298 e. The van der Waals surface area contributed by atoms with Crippen molar-refractivity contribution in [3.63, 3.8) is 0 Å². The number of thioether (sulfide) groups is 1. The Bertz CT molecular complexity index is 847. The van der Waals surface area contributed by atoms with Crippen molar-refractivity contribution in [3.05, 3.63) is 59.0 Å². The molecule has 0 spiro atoms. The number of anilines is 1. The van der Waals surface area contributed by atoms with Crippen LogP contribution in [0.4, 0.5) is 10.5 Å². The van der Waals surface area contributed by atoms with Crippen molar-refractivity contribution in [1.29, 1.82) is 0 Å². The Balaban J connectivity index is 1.97. The summed E-state index contributed by atoms with van der Waals surface area (Å²) in [5.41, 5.74) is 1.20. The highest BCUT2D eigenvalue weighted by Gasteiger charge is 2.37. The number of hydrogen-bond acceptors (Lipinski definition) is 5. The van der Waals surface area contributed by atoms with Gasteiger partial charge in [0, 0.05) is 5.56 Å². The highest BCUT2D eigenvalue weighted by molar-refractivity contribution is 8.19. The third-order valence-corrected chi connectivity index (χ3v) is 4.49. The van der Waals surface area contributed by atoms with Gasteiger partial charge in [0.2, 0.25) is 0 Å². The van der Waals surface area contributed by atoms with Gasteiger partial charge in [-0.3, -0.25) is 9.59 Å². The molecule has 0 radical (unpaired) electrons. The second kappa shape index (κ2) is 7.44. The maximum atomic E-state index is 12.8. The van der Waals surface area contributed by atoms with E-state index in [1.54, 1.807) is 30.3 Å². The van der Waals surface area contributed by atoms with Crippen LogP contribution >= 0.6 is 11.8 Å². The number of methoxy groups -OCH3 is 1. The van der Waals surface area contributed by atoms with Crippen molar-refractivity contribution in [1.82, 2.24) is 0 Å². The summed E-state index contributed by atoms with van der Waals surface area (Å²) in [6.07, 6.45) is 1.69. The summed E-state index contributed by atoms with van der Waals surface area (Å²) in [6, 6.07) is 14.4. The molecule has 1 heterocycles. The largest absolute Gasteiger partial charge is 0.495 e. The summed E-state index contributed by atoms with van der Waals surface area (Å²) >= 11 is 0.905. The maximum absolute atomic E-state index is 12.8. The summed E-state index contributed by atoms with van der Waals surface area (Å²) in [6.45, 7) is 2.42. The molecule has 0 unspecified atom stereocenters. The number of amides is 2. The minimum atomic E-state index is -0.370. The number of rotatable bonds is 5. The van der Waals surface area contributed by atoms with E-state index in [4.69, 9.17) is 9.47 Å². The lowest BCUT2D eigenvalue weighted by Crippen LogP contribution is -2.28. The van der Waals surface area contributed by atoms with Gasteiger partial charge in [0.1, 0.15) is 11.5 Å². The zero-order valence-corrected chi connectivity index (χ0v) is 14.7. The van der Waals surface area contributed by atoms with Crippen molar-refractivity contribution >= 4 is 34.7 Å². The normalized spacial score (nSPS) is 15.8. The Morgan fingerprint density at radius 3 is 2.44 bits per heavy atom. The topological polar surface area (TPSA) is 55.8 Å². The molecule has 5 nitrogen and oxygen atoms in total. The Labute approximate surface area is 150 Å². The molecule has 0 bridgehead atoms. The van der Waals surface area contributed by atoms with Crippen LogP contribution in [-0.4, -0.2) is 24.9 Å². The van der Waals surface area contributed by atoms with E-state index in [0.29, 0.717) is 28.7 Å². The number of benzene rings is 2. The molecule has 0 atom stereocenters. The van der Waals surface area contributed by atoms with E-state index < -0.39 is 0 Å². The van der Waals surface area contributed by atoms with Crippen LogP contribution in [0.2, 0.25) is 0 Å². The number of hydrogen-bond donors (Lipinski definition) is 0. The third kappa shape index (κ3) is 3.39. The van der Waals surface area contributed by atoms with Crippen molar-refractivity contribution in [2.45, 2.75) is 6.92 Å². The molecule has 1 aliphatic rings. The standard InChI is InChI=1S/C19H17NO4S/c1-3-24-15-10-6-4-8-13(15)12-17-18(21)20(19(22)25-17)14-9-5-7-11-16(14)23-2/h4-12H,3H2,1-2H3/b17-12-. The van der Waals surface area contributed by atoms with Gasteiger partial charge < -0.3 is 9.47 Å². The van der Waals surface area contributed by atoms with E-state index in [1.165, 1.54) is 7.11 Å². The first-order valence-electron chi connectivity index (χ1n) is 7.78. The average molecular weight is 355 g/mol. The molecule has 0 N–H and O–H groups in total. The fourth-order valence-corrected chi connectivity index (χ4v) is 3.34. The summed E-state index contributed by atoms with van der Waals surface area (Å²) in [5, 5.41) is -0.352. The molecule has 25 heavy (non-hydrogen) atoms. The van der Waals surface area contributed by atoms with Crippen LogP contribution in [0, 0.1) is 0 Å². The van der Waals surface area contributed by atoms with E-state index in [-0.39, 0.29) is 11.1 Å². The van der Waals surface area contributed by atoms with Crippen LogP contribution in [0.1, 0.15) is 12.5 Å². The van der Waals surface area contributed by atoms with Crippen molar-refractivity contribution < 1.29 is 19.1 Å². The Hall–Kier alpha value is -2.73. The molecule has 0 aromatic heterocycles. The number of nitrogens with zero attached hydrogens (tertiary/aromatic N) is 1. The zero-order valence-electron chi connectivity index (χ0n) is 13.9. The van der Waals surface area contributed by atoms with Crippen LogP contribution in [0.5, 0.6) is 11.5 Å². The van der Waals surface area contributed by atoms with Crippen molar-refractivity contribution in [2.24, 2.45) is 0 Å². The molecule has 1 aliphatic heterocycles. The van der Waals surface area contributed by atoms with Crippen LogP contribution in [0.25, 0.3) is 6.08 Å². The van der Waals surface area contributed by atoms with Crippen molar-refractivity contribution in [2.75, 3.05) is 18.6 Å². The molecule has 6 heteroatoms. The number of ether oxygens (including phenoxy) is 2. The molecular weight excluding hydrogens is 338 g/mol. The van der Waals surface area contributed by atoms with E-state index in [0.717, 1.165) is 22.2 Å². The van der Waals surface area contributed by atoms with Gasteiger partial charge in [-0.1, -0.05) is 30.3 Å². The Morgan fingerprint density at radius 2 is 1.72 bits per heavy atom. The molecule has 0 aliphatic carbocycles. The van der Waals surface area contributed by atoms with Gasteiger partial charge in [-0.05, 0) is 43.0 Å². The first-order valence-corrected chi connectivity index (χ1v) is 8.60. The molecule has 3 rings (SSSR count). The summed E-state index contributed by atoms with van der Waals surface area (Å²) in [5.74, 6) is 0.778. The highest BCUT2D eigenvalue weighted by Crippen LogP contribution is 2.40. The van der Waals surface area contributed by atoms with Gasteiger partial charge in [-0.2, -0.15) is 0 Å². The lowest BCUT2D eigenvalue weighted by Gasteiger charge is -2.15. The molecule has 128 valence electrons. The van der Waals surface area contributed by atoms with Crippen LogP contribution < -0.4 is 14.4 Å². The molecular formula is C19H17NO4S. The van der Waals surface area contributed by atoms with Gasteiger partial charge in [0.15, 0.2) is 0 Å². The second-order valence-electron chi connectivity index (χ2n) is 5.16. The molecule has 1 saturated heterocycles. The lowest BCUT2D eigenvalue weighted by atomic mass is 10.2. The molecule has 0 saturated carbocycles. The Kier molecular flexibility index (Phi) is 5.09. The van der Waals surface area contributed by atoms with Gasteiger partial charge in [0.25, 0.3) is 11.1 Å². The monoisotopic (exact) mass is 355 g/mol. The first-order chi connectivity index (χ1) is 12.2. The van der Waals surface area contributed by atoms with E-state index in [1.807, 2.05) is 31.2 Å². The first kappa shape index (κ1) is 17.1. The zero-order chi connectivity index (χ0) is 17.8. The fraction of sp³-hybridized carbons (Fsp3) is 0.158. The van der Waals surface area contributed by atoms with Gasteiger partial charge in [-0.15, -0.1) is 0 Å². The summed E-state index contributed by atoms with van der Waals surface area (Å²) < 4.78 is 10.8. The van der Waals surface area contributed by atoms with Gasteiger partial charge in [0.05, 0.1) is 24.3 Å². The number of carbonyl (C=O) groups is 2.